The van der Waals surface area contributed by atoms with Crippen LogP contribution in [0.25, 0.3) is 0 Å². The summed E-state index contributed by atoms with van der Waals surface area (Å²) in [5, 5.41) is 7.03. The van der Waals surface area contributed by atoms with Crippen LogP contribution in [0.2, 0.25) is 0 Å². The van der Waals surface area contributed by atoms with Crippen molar-refractivity contribution in [2.45, 2.75) is 63.7 Å². The maximum atomic E-state index is 12.5. The lowest BCUT2D eigenvalue weighted by molar-refractivity contribution is 0.0912. The SMILES string of the molecule is Cc1cc(C2CCCN2C(=O)NCCC2CC3CCC2O3)on1. The highest BCUT2D eigenvalue weighted by Gasteiger charge is 2.40. The Kier molecular flexibility index (Phi) is 4.01. The van der Waals surface area contributed by atoms with Crippen LogP contribution in [0.4, 0.5) is 4.79 Å². The number of aryl methyl sites for hydroxylation is 1. The molecule has 4 atom stereocenters. The molecule has 3 aliphatic heterocycles. The number of carbonyl (C=O) groups is 1. The number of hydrogen-bond acceptors (Lipinski definition) is 4. The molecule has 3 fully saturated rings. The van der Waals surface area contributed by atoms with Crippen LogP contribution in [-0.4, -0.2) is 41.4 Å². The molecular formula is C17H25N3O3. The number of rotatable bonds is 4. The molecule has 0 radical (unpaired) electrons. The molecule has 4 rings (SSSR count). The minimum Gasteiger partial charge on any atom is -0.375 e. The van der Waals surface area contributed by atoms with E-state index in [1.807, 2.05) is 17.9 Å². The molecule has 3 aliphatic rings. The van der Waals surface area contributed by atoms with Gasteiger partial charge >= 0.3 is 6.03 Å². The van der Waals surface area contributed by atoms with Crippen LogP contribution in [0.15, 0.2) is 10.6 Å². The van der Waals surface area contributed by atoms with Crippen LogP contribution in [0, 0.1) is 12.8 Å². The Morgan fingerprint density at radius 2 is 2.35 bits per heavy atom. The molecule has 1 aromatic heterocycles. The van der Waals surface area contributed by atoms with Gasteiger partial charge in [-0.05, 0) is 51.4 Å². The van der Waals surface area contributed by atoms with Gasteiger partial charge in [-0.1, -0.05) is 5.16 Å². The summed E-state index contributed by atoms with van der Waals surface area (Å²) >= 11 is 0. The van der Waals surface area contributed by atoms with E-state index in [0.29, 0.717) is 18.1 Å². The topological polar surface area (TPSA) is 67.6 Å². The van der Waals surface area contributed by atoms with Crippen LogP contribution in [0.1, 0.15) is 56.0 Å². The molecule has 4 heterocycles. The Hall–Kier alpha value is -1.56. The minimum atomic E-state index is 0.0191. The summed E-state index contributed by atoms with van der Waals surface area (Å²) in [7, 11) is 0. The number of fused-ring (bicyclic) bond motifs is 2. The number of carbonyl (C=O) groups excluding carboxylic acids is 1. The van der Waals surface area contributed by atoms with Gasteiger partial charge in [0.25, 0.3) is 0 Å². The van der Waals surface area contributed by atoms with Gasteiger partial charge in [0.1, 0.15) is 0 Å². The van der Waals surface area contributed by atoms with E-state index in [-0.39, 0.29) is 12.1 Å². The number of likely N-dealkylation sites (tertiary alicyclic amines) is 1. The number of aromatic nitrogens is 1. The molecule has 1 N–H and O–H groups in total. The Morgan fingerprint density at radius 3 is 3.04 bits per heavy atom. The van der Waals surface area contributed by atoms with Crippen LogP contribution in [-0.2, 0) is 4.74 Å². The molecule has 0 aliphatic carbocycles. The fourth-order valence-electron chi connectivity index (χ4n) is 4.36. The van der Waals surface area contributed by atoms with Crippen molar-refractivity contribution >= 4 is 6.03 Å². The van der Waals surface area contributed by atoms with Crippen molar-refractivity contribution < 1.29 is 14.1 Å². The first-order valence-electron chi connectivity index (χ1n) is 8.84. The van der Waals surface area contributed by atoms with E-state index in [9.17, 15) is 4.79 Å². The minimum absolute atomic E-state index is 0.0191. The number of ether oxygens (including phenoxy) is 1. The van der Waals surface area contributed by atoms with Crippen molar-refractivity contribution in [2.75, 3.05) is 13.1 Å². The summed E-state index contributed by atoms with van der Waals surface area (Å²) in [6, 6.07) is 1.98. The Morgan fingerprint density at radius 1 is 1.43 bits per heavy atom. The Balaban J connectivity index is 1.28. The average molecular weight is 319 g/mol. The summed E-state index contributed by atoms with van der Waals surface area (Å²) < 4.78 is 11.2. The standard InChI is InChI=1S/C17H25N3O3/c1-11-9-16(23-19-11)14-3-2-8-20(14)17(21)18-7-6-12-10-13-4-5-15(12)22-13/h9,12-15H,2-8,10H2,1H3,(H,18,21). The number of urea groups is 1. The normalized spacial score (nSPS) is 32.7. The summed E-state index contributed by atoms with van der Waals surface area (Å²) in [6.45, 7) is 3.42. The zero-order valence-electron chi connectivity index (χ0n) is 13.7. The summed E-state index contributed by atoms with van der Waals surface area (Å²) in [5.41, 5.74) is 0.864. The van der Waals surface area contributed by atoms with Crippen molar-refractivity contribution in [1.29, 1.82) is 0 Å². The average Bonchev–Trinajstić information content (AvgIpc) is 3.30. The fraction of sp³-hybridized carbons (Fsp3) is 0.765. The summed E-state index contributed by atoms with van der Waals surface area (Å²) in [4.78, 5) is 14.4. The van der Waals surface area contributed by atoms with E-state index < -0.39 is 0 Å². The molecule has 0 spiro atoms. The van der Waals surface area contributed by atoms with E-state index in [0.717, 1.165) is 43.8 Å². The Bertz CT molecular complexity index is 573. The largest absolute Gasteiger partial charge is 0.375 e. The van der Waals surface area contributed by atoms with E-state index in [1.54, 1.807) is 0 Å². The Labute approximate surface area is 136 Å². The predicted octanol–water partition coefficient (Wildman–Crippen LogP) is 2.79. The number of nitrogens with zero attached hydrogens (tertiary/aromatic N) is 2. The van der Waals surface area contributed by atoms with Crippen molar-refractivity contribution in [1.82, 2.24) is 15.4 Å². The number of hydrogen-bond donors (Lipinski definition) is 1. The number of amides is 2. The highest BCUT2D eigenvalue weighted by Crippen LogP contribution is 2.40. The van der Waals surface area contributed by atoms with E-state index in [4.69, 9.17) is 9.26 Å². The number of nitrogens with one attached hydrogen (secondary N) is 1. The molecule has 1 aromatic rings. The second-order valence-electron chi connectivity index (χ2n) is 7.11. The molecule has 6 heteroatoms. The first kappa shape index (κ1) is 15.0. The first-order valence-corrected chi connectivity index (χ1v) is 8.84. The lowest BCUT2D eigenvalue weighted by Crippen LogP contribution is -2.40. The molecule has 3 saturated heterocycles. The van der Waals surface area contributed by atoms with Gasteiger partial charge in [-0.3, -0.25) is 0 Å². The summed E-state index contributed by atoms with van der Waals surface area (Å²) in [6.07, 6.45) is 7.49. The highest BCUT2D eigenvalue weighted by molar-refractivity contribution is 5.75. The van der Waals surface area contributed by atoms with Crippen molar-refractivity contribution in [3.8, 4) is 0 Å². The molecule has 126 valence electrons. The van der Waals surface area contributed by atoms with Gasteiger partial charge in [0.15, 0.2) is 5.76 Å². The third kappa shape index (κ3) is 2.96. The van der Waals surface area contributed by atoms with Crippen molar-refractivity contribution in [3.63, 3.8) is 0 Å². The maximum Gasteiger partial charge on any atom is 0.318 e. The third-order valence-corrected chi connectivity index (χ3v) is 5.51. The predicted molar refractivity (Wildman–Crippen MR) is 83.9 cm³/mol. The molecule has 0 aromatic carbocycles. The summed E-state index contributed by atoms with van der Waals surface area (Å²) in [5.74, 6) is 1.43. The van der Waals surface area contributed by atoms with E-state index >= 15 is 0 Å². The lowest BCUT2D eigenvalue weighted by atomic mass is 9.87. The van der Waals surface area contributed by atoms with E-state index in [1.165, 1.54) is 19.3 Å². The van der Waals surface area contributed by atoms with Crippen LogP contribution >= 0.6 is 0 Å². The molecule has 4 unspecified atom stereocenters. The molecule has 23 heavy (non-hydrogen) atoms. The van der Waals surface area contributed by atoms with Gasteiger partial charge in [0, 0.05) is 19.2 Å². The molecule has 0 saturated carbocycles. The zero-order chi connectivity index (χ0) is 15.8. The smallest absolute Gasteiger partial charge is 0.318 e. The van der Waals surface area contributed by atoms with Gasteiger partial charge in [-0.15, -0.1) is 0 Å². The molecule has 2 bridgehead atoms. The van der Waals surface area contributed by atoms with Crippen LogP contribution in [0.3, 0.4) is 0 Å². The zero-order valence-corrected chi connectivity index (χ0v) is 13.7. The second kappa shape index (κ2) is 6.15. The van der Waals surface area contributed by atoms with E-state index in [2.05, 4.69) is 10.5 Å². The van der Waals surface area contributed by atoms with Crippen LogP contribution in [0.5, 0.6) is 0 Å². The van der Waals surface area contributed by atoms with Crippen LogP contribution < -0.4 is 5.32 Å². The fourth-order valence-corrected chi connectivity index (χ4v) is 4.36. The van der Waals surface area contributed by atoms with Gasteiger partial charge in [-0.2, -0.15) is 0 Å². The van der Waals surface area contributed by atoms with Gasteiger partial charge in [0.2, 0.25) is 0 Å². The highest BCUT2D eigenvalue weighted by atomic mass is 16.5. The molecular weight excluding hydrogens is 294 g/mol. The monoisotopic (exact) mass is 319 g/mol. The van der Waals surface area contributed by atoms with Crippen molar-refractivity contribution in [3.05, 3.63) is 17.5 Å². The van der Waals surface area contributed by atoms with Gasteiger partial charge < -0.3 is 19.5 Å². The van der Waals surface area contributed by atoms with Gasteiger partial charge in [-0.25, -0.2) is 4.79 Å². The lowest BCUT2D eigenvalue weighted by Gasteiger charge is -2.24. The van der Waals surface area contributed by atoms with Gasteiger partial charge in [0.05, 0.1) is 23.9 Å². The second-order valence-corrected chi connectivity index (χ2v) is 7.11. The molecule has 2 amide bonds. The maximum absolute atomic E-state index is 12.5. The van der Waals surface area contributed by atoms with Crippen molar-refractivity contribution in [2.24, 2.45) is 5.92 Å². The molecule has 6 nitrogen and oxygen atoms in total. The quantitative estimate of drug-likeness (QED) is 0.926. The first-order chi connectivity index (χ1) is 11.2. The third-order valence-electron chi connectivity index (χ3n) is 5.51.